The van der Waals surface area contributed by atoms with Gasteiger partial charge in [-0.25, -0.2) is 4.99 Å². The normalized spacial score (nSPS) is 16.7. The molecule has 1 amide bonds. The molecule has 1 aliphatic heterocycles. The van der Waals surface area contributed by atoms with E-state index in [4.69, 9.17) is 0 Å². The summed E-state index contributed by atoms with van der Waals surface area (Å²) in [6.45, 7) is 5.33. The summed E-state index contributed by atoms with van der Waals surface area (Å²) in [6.07, 6.45) is -4.17. The number of aromatic hydroxyl groups is 1. The molecule has 1 unspecified atom stereocenters. The van der Waals surface area contributed by atoms with Gasteiger partial charge < -0.3 is 10.2 Å². The molecule has 3 N–H and O–H groups in total. The van der Waals surface area contributed by atoms with Crippen molar-refractivity contribution in [2.45, 2.75) is 39.3 Å². The fraction of sp³-hybridized carbons (Fsp3) is 0.188. The number of phenolic OH excluding ortho intramolecular Hbond substituents is 1. The highest BCUT2D eigenvalue weighted by Crippen LogP contribution is 2.42. The number of nitrogens with one attached hydrogen (secondary N) is 1. The molecule has 10 heteroatoms. The third-order valence-electron chi connectivity index (χ3n) is 7.53. The fourth-order valence-electron chi connectivity index (χ4n) is 4.88. The van der Waals surface area contributed by atoms with E-state index in [0.29, 0.717) is 22.3 Å². The van der Waals surface area contributed by atoms with Gasteiger partial charge in [-0.15, -0.1) is 0 Å². The van der Waals surface area contributed by atoms with Gasteiger partial charge in [0, 0.05) is 23.1 Å². The number of aliphatic imine (C=N–C) groups is 1. The van der Waals surface area contributed by atoms with Gasteiger partial charge in [-0.3, -0.25) is 15.0 Å². The third-order valence-corrected chi connectivity index (χ3v) is 7.53. The second-order valence-electron chi connectivity index (χ2n) is 10.3. The number of fused-ring (bicyclic) bond motifs is 1. The van der Waals surface area contributed by atoms with Crippen LogP contribution >= 0.6 is 0 Å². The smallest absolute Gasteiger partial charge is 0.413 e. The van der Waals surface area contributed by atoms with Crippen LogP contribution in [0.2, 0.25) is 0 Å². The van der Waals surface area contributed by atoms with Gasteiger partial charge in [-0.1, -0.05) is 54.6 Å². The quantitative estimate of drug-likeness (QED) is 0.218. The third kappa shape index (κ3) is 5.35. The maximum atomic E-state index is 13.8. The number of carbonyl (C=O) groups is 2. The highest BCUT2D eigenvalue weighted by Gasteiger charge is 2.41. The summed E-state index contributed by atoms with van der Waals surface area (Å²) in [5, 5.41) is 24.5. The van der Waals surface area contributed by atoms with Gasteiger partial charge >= 0.3 is 12.1 Å². The Morgan fingerprint density at radius 2 is 1.71 bits per heavy atom. The molecule has 0 saturated carbocycles. The van der Waals surface area contributed by atoms with Crippen LogP contribution in [0.4, 0.5) is 18.9 Å². The van der Waals surface area contributed by atoms with E-state index in [1.165, 1.54) is 6.07 Å². The molecular weight excluding hydrogens is 547 g/mol. The summed E-state index contributed by atoms with van der Waals surface area (Å²) < 4.78 is 41.4. The Balaban J connectivity index is 1.52. The van der Waals surface area contributed by atoms with Crippen LogP contribution in [0.25, 0.3) is 16.7 Å². The Kier molecular flexibility index (Phi) is 7.32. The van der Waals surface area contributed by atoms with Gasteiger partial charge in [0.05, 0.1) is 17.3 Å². The highest BCUT2D eigenvalue weighted by atomic mass is 19.4. The van der Waals surface area contributed by atoms with Crippen molar-refractivity contribution in [2.24, 2.45) is 10.1 Å². The van der Waals surface area contributed by atoms with Gasteiger partial charge in [-0.2, -0.15) is 18.3 Å². The maximum absolute atomic E-state index is 13.8. The first-order valence-corrected chi connectivity index (χ1v) is 13.1. The molecule has 1 aliphatic carbocycles. The fourth-order valence-corrected chi connectivity index (χ4v) is 4.88. The molecule has 2 aliphatic rings. The van der Waals surface area contributed by atoms with E-state index >= 15 is 0 Å². The average molecular weight is 574 g/mol. The van der Waals surface area contributed by atoms with Crippen LogP contribution in [0.1, 0.15) is 41.5 Å². The highest BCUT2D eigenvalue weighted by molar-refractivity contribution is 6.61. The van der Waals surface area contributed by atoms with Gasteiger partial charge in [0.2, 0.25) is 0 Å². The number of hydrogen-bond acceptors (Lipinski definition) is 5. The summed E-state index contributed by atoms with van der Waals surface area (Å²) in [5.41, 5.74) is 6.29. The number of aryl methyl sites for hydroxylation is 2. The zero-order valence-electron chi connectivity index (χ0n) is 22.9. The van der Waals surface area contributed by atoms with Gasteiger partial charge in [0.25, 0.3) is 5.91 Å². The molecule has 0 saturated heterocycles. The molecule has 3 aromatic rings. The Labute approximate surface area is 239 Å². The first-order chi connectivity index (χ1) is 19.8. The molecule has 7 nitrogen and oxygen atoms in total. The number of allylic oxidation sites excluding steroid dienone is 3. The molecule has 0 radical (unpaired) electrons. The number of anilines is 1. The number of hydrazone groups is 1. The van der Waals surface area contributed by atoms with E-state index in [-0.39, 0.29) is 34.0 Å². The van der Waals surface area contributed by atoms with Crippen molar-refractivity contribution in [3.8, 4) is 16.9 Å². The van der Waals surface area contributed by atoms with Crippen molar-refractivity contribution in [2.75, 3.05) is 5.43 Å². The van der Waals surface area contributed by atoms with Crippen molar-refractivity contribution < 1.29 is 33.0 Å². The zero-order valence-corrected chi connectivity index (χ0v) is 22.9. The van der Waals surface area contributed by atoms with Crippen LogP contribution in [0, 0.1) is 13.8 Å². The zero-order chi connectivity index (χ0) is 30.3. The standard InChI is InChI=1S/C32H26F3N3O4/c1-16-7-8-21(13-17(16)2)24-14-22(32(33,34)35)15-26-27(24)28(30(40)36-26)38-37-25-6-4-5-23(29(25)39)20-11-9-19(10-12-20)18(3)31(41)42/h4-13,15,18,37,39H,14H2,1-3H3,(H,41,42). The van der Waals surface area contributed by atoms with Crippen LogP contribution in [0.15, 0.2) is 88.0 Å². The molecule has 1 heterocycles. The summed E-state index contributed by atoms with van der Waals surface area (Å²) in [7, 11) is 0. The van der Waals surface area contributed by atoms with Crippen LogP contribution in [-0.2, 0) is 9.59 Å². The number of para-hydroxylation sites is 1. The first kappa shape index (κ1) is 28.5. The van der Waals surface area contributed by atoms with E-state index in [1.54, 1.807) is 55.5 Å². The second-order valence-corrected chi connectivity index (χ2v) is 10.3. The molecule has 214 valence electrons. The molecule has 3 aromatic carbocycles. The lowest BCUT2D eigenvalue weighted by atomic mass is 9.84. The average Bonchev–Trinajstić information content (AvgIpc) is 3.27. The largest absolute Gasteiger partial charge is 0.505 e. The number of aliphatic carboxylic acids is 1. The van der Waals surface area contributed by atoms with Crippen LogP contribution in [0.3, 0.4) is 0 Å². The van der Waals surface area contributed by atoms with Crippen LogP contribution in [0.5, 0.6) is 5.75 Å². The second kappa shape index (κ2) is 10.8. The summed E-state index contributed by atoms with van der Waals surface area (Å²) in [5.74, 6) is -2.63. The summed E-state index contributed by atoms with van der Waals surface area (Å²) in [4.78, 5) is 28.1. The number of rotatable bonds is 6. The van der Waals surface area contributed by atoms with Crippen molar-refractivity contribution in [3.63, 3.8) is 0 Å². The Bertz CT molecular complexity index is 1750. The van der Waals surface area contributed by atoms with Crippen LogP contribution in [-0.4, -0.2) is 39.7 Å². The Morgan fingerprint density at radius 3 is 2.36 bits per heavy atom. The number of carboxylic acids is 1. The lowest BCUT2D eigenvalue weighted by molar-refractivity contribution is -0.138. The van der Waals surface area contributed by atoms with Crippen molar-refractivity contribution in [3.05, 3.63) is 100 Å². The predicted molar refractivity (Wildman–Crippen MR) is 155 cm³/mol. The number of benzene rings is 3. The monoisotopic (exact) mass is 573 g/mol. The number of carbonyl (C=O) groups excluding carboxylic acids is 1. The molecule has 0 aromatic heterocycles. The van der Waals surface area contributed by atoms with Gasteiger partial charge in [0.15, 0.2) is 5.71 Å². The maximum Gasteiger partial charge on any atom is 0.413 e. The van der Waals surface area contributed by atoms with Crippen molar-refractivity contribution in [1.82, 2.24) is 0 Å². The number of halogens is 3. The van der Waals surface area contributed by atoms with Gasteiger partial charge in [0.1, 0.15) is 5.75 Å². The first-order valence-electron chi connectivity index (χ1n) is 13.1. The minimum absolute atomic E-state index is 0.110. The summed E-state index contributed by atoms with van der Waals surface area (Å²) >= 11 is 0. The lowest BCUT2D eigenvalue weighted by Crippen LogP contribution is -2.22. The molecule has 0 spiro atoms. The molecule has 1 atom stereocenters. The molecule has 0 fully saturated rings. The Hall–Kier alpha value is -4.99. The van der Waals surface area contributed by atoms with E-state index in [1.807, 2.05) is 19.9 Å². The number of alkyl halides is 3. The Morgan fingerprint density at radius 1 is 1.02 bits per heavy atom. The van der Waals surface area contributed by atoms with Crippen molar-refractivity contribution in [1.29, 1.82) is 0 Å². The van der Waals surface area contributed by atoms with E-state index in [2.05, 4.69) is 15.5 Å². The minimum Gasteiger partial charge on any atom is -0.505 e. The lowest BCUT2D eigenvalue weighted by Gasteiger charge is -2.22. The van der Waals surface area contributed by atoms with E-state index in [0.717, 1.165) is 17.2 Å². The number of phenols is 1. The number of amides is 1. The van der Waals surface area contributed by atoms with Gasteiger partial charge in [-0.05, 0) is 66.3 Å². The molecule has 0 bridgehead atoms. The minimum atomic E-state index is -4.60. The summed E-state index contributed by atoms with van der Waals surface area (Å²) in [6, 6.07) is 16.9. The SMILES string of the molecule is Cc1ccc(C2=C3C(=NC(=O)C3=NNc3cccc(-c4ccc(C(C)C(=O)O)cc4)c3O)C=C(C(F)(F)F)C2)cc1C. The van der Waals surface area contributed by atoms with Crippen molar-refractivity contribution >= 4 is 34.6 Å². The van der Waals surface area contributed by atoms with E-state index < -0.39 is 36.0 Å². The van der Waals surface area contributed by atoms with E-state index in [9.17, 15) is 33.0 Å². The number of carboxylic acid groups (broad SMARTS) is 1. The molecular formula is C32H26F3N3O4. The number of hydrogen-bond donors (Lipinski definition) is 3. The van der Waals surface area contributed by atoms with Crippen LogP contribution < -0.4 is 5.43 Å². The topological polar surface area (TPSA) is 111 Å². The molecule has 42 heavy (non-hydrogen) atoms. The predicted octanol–water partition coefficient (Wildman–Crippen LogP) is 6.96. The number of nitrogens with zero attached hydrogens (tertiary/aromatic N) is 2. The molecule has 5 rings (SSSR count).